The number of thiophene rings is 1. The lowest BCUT2D eigenvalue weighted by Gasteiger charge is -2.35. The fraction of sp³-hybridized carbons (Fsp3) is 0.562. The molecular formula is C16H20F3N3O5S. The Bertz CT molecular complexity index is 698. The largest absolute Gasteiger partial charge is 0.490 e. The van der Waals surface area contributed by atoms with E-state index in [2.05, 4.69) is 10.2 Å². The van der Waals surface area contributed by atoms with Crippen LogP contribution in [0.2, 0.25) is 0 Å². The third-order valence-corrected chi connectivity index (χ3v) is 5.02. The van der Waals surface area contributed by atoms with Crippen LogP contribution in [0.3, 0.4) is 0 Å². The average molecular weight is 423 g/mol. The summed E-state index contributed by atoms with van der Waals surface area (Å²) in [7, 11) is 1.64. The number of ether oxygens (including phenoxy) is 1. The molecule has 156 valence electrons. The molecule has 8 nitrogen and oxygen atoms in total. The van der Waals surface area contributed by atoms with E-state index < -0.39 is 12.1 Å². The number of morpholine rings is 1. The molecule has 28 heavy (non-hydrogen) atoms. The lowest BCUT2D eigenvalue weighted by Crippen LogP contribution is -2.53. The summed E-state index contributed by atoms with van der Waals surface area (Å²) in [6, 6.07) is 1.96. The van der Waals surface area contributed by atoms with Crippen LogP contribution in [0.5, 0.6) is 0 Å². The minimum atomic E-state index is -5.08. The number of rotatable bonds is 3. The van der Waals surface area contributed by atoms with Crippen LogP contribution in [-0.4, -0.2) is 90.8 Å². The zero-order valence-electron chi connectivity index (χ0n) is 14.9. The van der Waals surface area contributed by atoms with E-state index in [1.54, 1.807) is 7.05 Å². The first-order chi connectivity index (χ1) is 13.1. The molecule has 0 bridgehead atoms. The molecule has 1 aromatic heterocycles. The minimum Gasteiger partial charge on any atom is -0.475 e. The number of nitrogens with zero attached hydrogens (tertiary/aromatic N) is 2. The lowest BCUT2D eigenvalue weighted by molar-refractivity contribution is -0.192. The number of likely N-dealkylation sites (N-methyl/N-ethyl adjacent to an activating group) is 1. The lowest BCUT2D eigenvalue weighted by atomic mass is 10.1. The number of carboxylic acid groups (broad SMARTS) is 1. The van der Waals surface area contributed by atoms with Gasteiger partial charge in [0, 0.05) is 32.1 Å². The quantitative estimate of drug-likeness (QED) is 0.741. The van der Waals surface area contributed by atoms with Gasteiger partial charge < -0.3 is 20.1 Å². The van der Waals surface area contributed by atoms with E-state index in [4.69, 9.17) is 14.6 Å². The van der Waals surface area contributed by atoms with E-state index in [1.807, 2.05) is 21.7 Å². The number of fused-ring (bicyclic) bond motifs is 1. The third kappa shape index (κ3) is 5.66. The van der Waals surface area contributed by atoms with Crippen molar-refractivity contribution in [2.75, 3.05) is 39.8 Å². The van der Waals surface area contributed by atoms with Gasteiger partial charge in [0.05, 0.1) is 30.9 Å². The number of halogens is 3. The second-order valence-corrected chi connectivity index (χ2v) is 6.93. The molecule has 0 unspecified atom stereocenters. The number of carbonyl (C=O) groups excluding carboxylic acids is 2. The molecule has 2 fully saturated rings. The molecule has 2 saturated heterocycles. The fourth-order valence-electron chi connectivity index (χ4n) is 2.95. The molecule has 2 N–H and O–H groups in total. The van der Waals surface area contributed by atoms with Crippen LogP contribution in [-0.2, 0) is 14.3 Å². The zero-order chi connectivity index (χ0) is 20.9. The van der Waals surface area contributed by atoms with Gasteiger partial charge in [0.1, 0.15) is 0 Å². The van der Waals surface area contributed by atoms with E-state index in [1.165, 1.54) is 11.3 Å². The molecule has 12 heteroatoms. The van der Waals surface area contributed by atoms with E-state index in [0.29, 0.717) is 26.2 Å². The number of hydrogen-bond acceptors (Lipinski definition) is 6. The van der Waals surface area contributed by atoms with E-state index in [0.717, 1.165) is 12.1 Å². The number of carbonyl (C=O) groups is 3. The Morgan fingerprint density at radius 1 is 1.36 bits per heavy atom. The van der Waals surface area contributed by atoms with Crippen LogP contribution in [0.4, 0.5) is 13.2 Å². The van der Waals surface area contributed by atoms with E-state index in [9.17, 15) is 22.8 Å². The molecule has 0 radical (unpaired) electrons. The monoisotopic (exact) mass is 423 g/mol. The summed E-state index contributed by atoms with van der Waals surface area (Å²) in [5.74, 6) is -2.71. The summed E-state index contributed by atoms with van der Waals surface area (Å²) in [4.78, 5) is 36.9. The normalized spacial score (nSPS) is 22.1. The highest BCUT2D eigenvalue weighted by atomic mass is 32.1. The van der Waals surface area contributed by atoms with Gasteiger partial charge in [-0.2, -0.15) is 24.5 Å². The topological polar surface area (TPSA) is 99.2 Å². The second kappa shape index (κ2) is 9.34. The third-order valence-electron chi connectivity index (χ3n) is 4.34. The maximum Gasteiger partial charge on any atom is 0.490 e. The average Bonchev–Trinajstić information content (AvgIpc) is 3.31. The molecule has 0 spiro atoms. The summed E-state index contributed by atoms with van der Waals surface area (Å²) >= 11 is 1.52. The van der Waals surface area contributed by atoms with Crippen molar-refractivity contribution in [3.63, 3.8) is 0 Å². The molecule has 1 aromatic rings. The van der Waals surface area contributed by atoms with Gasteiger partial charge in [0.25, 0.3) is 5.91 Å². The Balaban J connectivity index is 0.000000345. The van der Waals surface area contributed by atoms with Crippen LogP contribution in [0, 0.1) is 0 Å². The molecule has 0 aromatic carbocycles. The van der Waals surface area contributed by atoms with Crippen LogP contribution < -0.4 is 5.32 Å². The number of carboxylic acids is 1. The molecule has 2 aliphatic heterocycles. The molecule has 0 aliphatic carbocycles. The molecule has 2 amide bonds. The maximum atomic E-state index is 12.4. The molecule has 2 aliphatic rings. The van der Waals surface area contributed by atoms with E-state index in [-0.39, 0.29) is 24.0 Å². The number of amides is 2. The smallest absolute Gasteiger partial charge is 0.475 e. The van der Waals surface area contributed by atoms with Crippen LogP contribution in [0.25, 0.3) is 0 Å². The molecule has 3 heterocycles. The predicted molar refractivity (Wildman–Crippen MR) is 93.1 cm³/mol. The standard InChI is InChI=1S/C14H19N3O3S.C2HF3O2/c1-15-13(18)8-16-3-4-20-12-7-17(6-11(12)16)14(19)10-2-5-21-9-10;3-2(4,5)1(6)7/h2,5,9,11-12H,3-4,6-8H2,1H3,(H,15,18);(H,6,7)/t11-,12+;/m1./s1. The van der Waals surface area contributed by atoms with Crippen molar-refractivity contribution in [3.8, 4) is 0 Å². The van der Waals surface area contributed by atoms with Crippen molar-refractivity contribution >= 4 is 29.1 Å². The van der Waals surface area contributed by atoms with Crippen molar-refractivity contribution in [2.45, 2.75) is 18.3 Å². The maximum absolute atomic E-state index is 12.4. The Kier molecular flexibility index (Phi) is 7.38. The Morgan fingerprint density at radius 2 is 2.04 bits per heavy atom. The van der Waals surface area contributed by atoms with Gasteiger partial charge in [-0.15, -0.1) is 0 Å². The summed E-state index contributed by atoms with van der Waals surface area (Å²) in [6.07, 6.45) is -5.08. The first-order valence-corrected chi connectivity index (χ1v) is 9.25. The minimum absolute atomic E-state index is 0.00161. The van der Waals surface area contributed by atoms with Crippen molar-refractivity contribution in [1.29, 1.82) is 0 Å². The number of aliphatic carboxylic acids is 1. The molecule has 3 rings (SSSR count). The van der Waals surface area contributed by atoms with Crippen molar-refractivity contribution in [1.82, 2.24) is 15.1 Å². The second-order valence-electron chi connectivity index (χ2n) is 6.15. The van der Waals surface area contributed by atoms with Crippen molar-refractivity contribution < 1.29 is 37.4 Å². The SMILES string of the molecule is CNC(=O)CN1CCO[C@H]2CN(C(=O)c3ccsc3)C[C@H]21.O=C(O)C(F)(F)F. The molecular weight excluding hydrogens is 403 g/mol. The van der Waals surface area contributed by atoms with Gasteiger partial charge >= 0.3 is 12.1 Å². The van der Waals surface area contributed by atoms with E-state index >= 15 is 0 Å². The summed E-state index contributed by atoms with van der Waals surface area (Å²) < 4.78 is 37.5. The number of likely N-dealkylation sites (tertiary alicyclic amines) is 1. The molecule has 0 saturated carbocycles. The summed E-state index contributed by atoms with van der Waals surface area (Å²) in [5, 5.41) is 13.5. The van der Waals surface area contributed by atoms with Gasteiger partial charge in [-0.1, -0.05) is 0 Å². The fourth-order valence-corrected chi connectivity index (χ4v) is 3.58. The highest BCUT2D eigenvalue weighted by Crippen LogP contribution is 2.24. The first kappa shape index (κ1) is 22.1. The van der Waals surface area contributed by atoms with Crippen LogP contribution >= 0.6 is 11.3 Å². The highest BCUT2D eigenvalue weighted by molar-refractivity contribution is 7.08. The van der Waals surface area contributed by atoms with Gasteiger partial charge in [-0.05, 0) is 11.4 Å². The molecule has 2 atom stereocenters. The van der Waals surface area contributed by atoms with Gasteiger partial charge in [-0.25, -0.2) is 4.79 Å². The zero-order valence-corrected chi connectivity index (χ0v) is 15.8. The highest BCUT2D eigenvalue weighted by Gasteiger charge is 2.42. The predicted octanol–water partition coefficient (Wildman–Crippen LogP) is 0.653. The van der Waals surface area contributed by atoms with Gasteiger partial charge in [0.2, 0.25) is 5.91 Å². The summed E-state index contributed by atoms with van der Waals surface area (Å²) in [5.41, 5.74) is 0.733. The number of nitrogens with one attached hydrogen (secondary N) is 1. The Morgan fingerprint density at radius 3 is 2.57 bits per heavy atom. The van der Waals surface area contributed by atoms with Gasteiger partial charge in [0.15, 0.2) is 0 Å². The van der Waals surface area contributed by atoms with Crippen molar-refractivity contribution in [2.24, 2.45) is 0 Å². The van der Waals surface area contributed by atoms with Crippen molar-refractivity contribution in [3.05, 3.63) is 22.4 Å². The van der Waals surface area contributed by atoms with Crippen LogP contribution in [0.1, 0.15) is 10.4 Å². The van der Waals surface area contributed by atoms with Gasteiger partial charge in [-0.3, -0.25) is 14.5 Å². The van der Waals surface area contributed by atoms with Crippen LogP contribution in [0.15, 0.2) is 16.8 Å². The number of hydrogen-bond donors (Lipinski definition) is 2. The first-order valence-electron chi connectivity index (χ1n) is 8.31. The Hall–Kier alpha value is -2.18. The number of alkyl halides is 3. The Labute approximate surface area is 162 Å². The summed E-state index contributed by atoms with van der Waals surface area (Å²) in [6.45, 7) is 2.93.